The number of benzene rings is 2. The summed E-state index contributed by atoms with van der Waals surface area (Å²) in [6, 6.07) is 10.9. The van der Waals surface area contributed by atoms with Gasteiger partial charge in [-0.15, -0.1) is 11.3 Å². The normalized spacial score (nSPS) is 11.6. The summed E-state index contributed by atoms with van der Waals surface area (Å²) in [5.41, 5.74) is 7.58. The Morgan fingerprint density at radius 3 is 2.43 bits per heavy atom. The van der Waals surface area contributed by atoms with Crippen molar-refractivity contribution in [2.75, 3.05) is 0 Å². The van der Waals surface area contributed by atoms with Crippen LogP contribution in [0.5, 0.6) is 0 Å². The van der Waals surface area contributed by atoms with Crippen molar-refractivity contribution in [1.29, 1.82) is 0 Å². The van der Waals surface area contributed by atoms with Crippen molar-refractivity contribution in [1.82, 2.24) is 4.98 Å². The summed E-state index contributed by atoms with van der Waals surface area (Å²) in [7, 11) is 0. The lowest BCUT2D eigenvalue weighted by molar-refractivity contribution is 1.35. The third-order valence-electron chi connectivity index (χ3n) is 3.86. The Balaban J connectivity index is 1.97. The molecular weight excluding hydrogens is 274 g/mol. The summed E-state index contributed by atoms with van der Waals surface area (Å²) in [5.74, 6) is 0. The topological polar surface area (TPSA) is 12.9 Å². The van der Waals surface area contributed by atoms with Gasteiger partial charge in [0.25, 0.3) is 0 Å². The van der Waals surface area contributed by atoms with Crippen LogP contribution in [0.1, 0.15) is 32.8 Å². The van der Waals surface area contributed by atoms with Gasteiger partial charge in [-0.25, -0.2) is 4.98 Å². The van der Waals surface area contributed by atoms with Crippen molar-refractivity contribution in [2.45, 2.75) is 27.7 Å². The van der Waals surface area contributed by atoms with E-state index in [1.165, 1.54) is 32.5 Å². The fourth-order valence-electron chi connectivity index (χ4n) is 2.37. The number of hydrogen-bond acceptors (Lipinski definition) is 2. The van der Waals surface area contributed by atoms with Gasteiger partial charge in [0.2, 0.25) is 0 Å². The molecule has 106 valence electrons. The van der Waals surface area contributed by atoms with E-state index in [1.54, 1.807) is 11.3 Å². The van der Waals surface area contributed by atoms with Gasteiger partial charge in [-0.1, -0.05) is 29.8 Å². The predicted octanol–water partition coefficient (Wildman–Crippen LogP) is 5.70. The van der Waals surface area contributed by atoms with Gasteiger partial charge >= 0.3 is 0 Å². The first-order valence-electron chi connectivity index (χ1n) is 7.16. The smallest absolute Gasteiger partial charge is 0.117 e. The van der Waals surface area contributed by atoms with Crippen molar-refractivity contribution >= 4 is 33.7 Å². The van der Waals surface area contributed by atoms with Gasteiger partial charge in [0.1, 0.15) is 5.01 Å². The van der Waals surface area contributed by atoms with Crippen LogP contribution in [0.2, 0.25) is 0 Å². The van der Waals surface area contributed by atoms with Gasteiger partial charge in [0.05, 0.1) is 10.2 Å². The van der Waals surface area contributed by atoms with Crippen LogP contribution in [-0.4, -0.2) is 4.98 Å². The molecule has 0 fully saturated rings. The van der Waals surface area contributed by atoms with Crippen molar-refractivity contribution in [3.8, 4) is 0 Å². The maximum Gasteiger partial charge on any atom is 0.117 e. The first-order valence-corrected chi connectivity index (χ1v) is 7.98. The quantitative estimate of drug-likeness (QED) is 0.590. The fourth-order valence-corrected chi connectivity index (χ4v) is 3.32. The molecule has 0 unspecified atom stereocenters. The van der Waals surface area contributed by atoms with Gasteiger partial charge in [-0.2, -0.15) is 0 Å². The standard InChI is InChI=1S/C19H19NS/c1-12-5-6-13(2)16(9-12)7-8-19-20-17-10-14(3)15(4)11-18(17)21-19/h5-11H,1-4H3. The first-order chi connectivity index (χ1) is 10.0. The Labute approximate surface area is 130 Å². The maximum absolute atomic E-state index is 4.71. The molecule has 21 heavy (non-hydrogen) atoms. The monoisotopic (exact) mass is 293 g/mol. The molecule has 1 aromatic heterocycles. The average molecular weight is 293 g/mol. The van der Waals surface area contributed by atoms with Crippen molar-refractivity contribution in [3.05, 3.63) is 63.2 Å². The van der Waals surface area contributed by atoms with Crippen LogP contribution in [0.25, 0.3) is 22.4 Å². The highest BCUT2D eigenvalue weighted by atomic mass is 32.1. The van der Waals surface area contributed by atoms with Crippen LogP contribution in [0.3, 0.4) is 0 Å². The highest BCUT2D eigenvalue weighted by Crippen LogP contribution is 2.26. The summed E-state index contributed by atoms with van der Waals surface area (Å²) < 4.78 is 1.26. The number of thiazole rings is 1. The van der Waals surface area contributed by atoms with Crippen LogP contribution < -0.4 is 0 Å². The Morgan fingerprint density at radius 2 is 1.62 bits per heavy atom. The summed E-state index contributed by atoms with van der Waals surface area (Å²) in [6.07, 6.45) is 4.29. The Kier molecular flexibility index (Phi) is 3.64. The zero-order valence-corrected chi connectivity index (χ0v) is 13.7. The first kappa shape index (κ1) is 14.0. The van der Waals surface area contributed by atoms with Crippen LogP contribution >= 0.6 is 11.3 Å². The molecule has 1 nitrogen and oxygen atoms in total. The van der Waals surface area contributed by atoms with Gasteiger partial charge in [-0.05, 0) is 68.2 Å². The summed E-state index contributed by atoms with van der Waals surface area (Å²) in [6.45, 7) is 8.56. The van der Waals surface area contributed by atoms with E-state index in [0.717, 1.165) is 10.5 Å². The van der Waals surface area contributed by atoms with E-state index in [0.29, 0.717) is 0 Å². The minimum atomic E-state index is 1.07. The molecule has 0 aliphatic rings. The lowest BCUT2D eigenvalue weighted by atomic mass is 10.1. The molecule has 0 saturated heterocycles. The SMILES string of the molecule is Cc1ccc(C)c(C=Cc2nc3cc(C)c(C)cc3s2)c1. The molecule has 0 saturated carbocycles. The lowest BCUT2D eigenvalue weighted by Gasteiger charge is -2.00. The molecular formula is C19H19NS. The van der Waals surface area contributed by atoms with Gasteiger partial charge in [-0.3, -0.25) is 0 Å². The molecule has 3 aromatic rings. The summed E-state index contributed by atoms with van der Waals surface area (Å²) in [4.78, 5) is 4.71. The molecule has 2 heteroatoms. The lowest BCUT2D eigenvalue weighted by Crippen LogP contribution is -1.82. The van der Waals surface area contributed by atoms with Gasteiger partial charge in [0.15, 0.2) is 0 Å². The number of aromatic nitrogens is 1. The summed E-state index contributed by atoms with van der Waals surface area (Å²) >= 11 is 1.75. The number of fused-ring (bicyclic) bond motifs is 1. The van der Waals surface area contributed by atoms with E-state index >= 15 is 0 Å². The molecule has 0 spiro atoms. The Morgan fingerprint density at radius 1 is 0.857 bits per heavy atom. The molecule has 0 radical (unpaired) electrons. The van der Waals surface area contributed by atoms with E-state index in [2.05, 4.69) is 70.2 Å². The third kappa shape index (κ3) is 2.91. The largest absolute Gasteiger partial charge is 0.237 e. The predicted molar refractivity (Wildman–Crippen MR) is 93.9 cm³/mol. The molecule has 0 amide bonds. The zero-order chi connectivity index (χ0) is 15.0. The molecule has 2 aromatic carbocycles. The highest BCUT2D eigenvalue weighted by molar-refractivity contribution is 7.19. The van der Waals surface area contributed by atoms with Crippen molar-refractivity contribution < 1.29 is 0 Å². The van der Waals surface area contributed by atoms with Gasteiger partial charge < -0.3 is 0 Å². The summed E-state index contributed by atoms with van der Waals surface area (Å²) in [5, 5.41) is 1.07. The number of nitrogens with zero attached hydrogens (tertiary/aromatic N) is 1. The molecule has 0 N–H and O–H groups in total. The fraction of sp³-hybridized carbons (Fsp3) is 0.211. The van der Waals surface area contributed by atoms with Crippen LogP contribution in [0.4, 0.5) is 0 Å². The highest BCUT2D eigenvalue weighted by Gasteiger charge is 2.04. The van der Waals surface area contributed by atoms with Gasteiger partial charge in [0, 0.05) is 0 Å². The number of hydrogen-bond donors (Lipinski definition) is 0. The van der Waals surface area contributed by atoms with E-state index in [9.17, 15) is 0 Å². The molecule has 0 bridgehead atoms. The van der Waals surface area contributed by atoms with Crippen molar-refractivity contribution in [2.24, 2.45) is 0 Å². The van der Waals surface area contributed by atoms with E-state index in [1.807, 2.05) is 0 Å². The number of aryl methyl sites for hydroxylation is 4. The number of rotatable bonds is 2. The molecule has 0 aliphatic carbocycles. The zero-order valence-electron chi connectivity index (χ0n) is 12.9. The molecule has 0 aliphatic heterocycles. The van der Waals surface area contributed by atoms with Crippen LogP contribution in [0.15, 0.2) is 30.3 Å². The van der Waals surface area contributed by atoms with E-state index in [-0.39, 0.29) is 0 Å². The van der Waals surface area contributed by atoms with E-state index < -0.39 is 0 Å². The second kappa shape index (κ2) is 5.45. The van der Waals surface area contributed by atoms with E-state index in [4.69, 9.17) is 4.98 Å². The average Bonchev–Trinajstić information content (AvgIpc) is 2.82. The second-order valence-corrected chi connectivity index (χ2v) is 6.71. The minimum Gasteiger partial charge on any atom is -0.237 e. The second-order valence-electron chi connectivity index (χ2n) is 5.65. The van der Waals surface area contributed by atoms with Crippen molar-refractivity contribution in [3.63, 3.8) is 0 Å². The third-order valence-corrected chi connectivity index (χ3v) is 4.84. The Hall–Kier alpha value is -1.93. The molecule has 3 rings (SSSR count). The van der Waals surface area contributed by atoms with Crippen LogP contribution in [0, 0.1) is 27.7 Å². The van der Waals surface area contributed by atoms with Crippen LogP contribution in [-0.2, 0) is 0 Å². The minimum absolute atomic E-state index is 1.07. The Bertz CT molecular complexity index is 801. The maximum atomic E-state index is 4.71. The molecule has 0 atom stereocenters. The molecule has 1 heterocycles.